The van der Waals surface area contributed by atoms with Gasteiger partial charge < -0.3 is 10.0 Å². The Hall–Kier alpha value is -1.58. The van der Waals surface area contributed by atoms with E-state index in [1.54, 1.807) is 12.4 Å². The lowest BCUT2D eigenvalue weighted by atomic mass is 9.79. The summed E-state index contributed by atoms with van der Waals surface area (Å²) in [5.74, 6) is -0.833. The summed E-state index contributed by atoms with van der Waals surface area (Å²) in [5.41, 5.74) is 1.05. The molecule has 1 heterocycles. The van der Waals surface area contributed by atoms with Gasteiger partial charge in [-0.1, -0.05) is 0 Å². The van der Waals surface area contributed by atoms with Crippen molar-refractivity contribution < 1.29 is 9.90 Å². The average molecular weight is 206 g/mol. The normalized spacial score (nSPS) is 24.3. The third-order valence-electron chi connectivity index (χ3n) is 3.06. The van der Waals surface area contributed by atoms with E-state index < -0.39 is 5.97 Å². The topological polar surface area (TPSA) is 53.4 Å². The molecule has 1 N–H and O–H groups in total. The van der Waals surface area contributed by atoms with E-state index in [0.29, 0.717) is 6.04 Å². The molecule has 0 saturated heterocycles. The monoisotopic (exact) mass is 206 g/mol. The lowest BCUT2D eigenvalue weighted by Gasteiger charge is -2.40. The van der Waals surface area contributed by atoms with Crippen LogP contribution in [0.15, 0.2) is 24.5 Å². The van der Waals surface area contributed by atoms with Crippen LogP contribution in [0.1, 0.15) is 12.8 Å². The largest absolute Gasteiger partial charge is 0.481 e. The van der Waals surface area contributed by atoms with E-state index in [1.165, 1.54) is 0 Å². The first-order chi connectivity index (χ1) is 7.18. The predicted molar refractivity (Wildman–Crippen MR) is 56.8 cm³/mol. The molecule has 15 heavy (non-hydrogen) atoms. The van der Waals surface area contributed by atoms with Crippen LogP contribution in [0.25, 0.3) is 0 Å². The number of anilines is 1. The molecule has 2 rings (SSSR count). The minimum absolute atomic E-state index is 0.158. The van der Waals surface area contributed by atoms with Crippen molar-refractivity contribution in [2.24, 2.45) is 5.92 Å². The van der Waals surface area contributed by atoms with E-state index in [0.717, 1.165) is 18.5 Å². The lowest BCUT2D eigenvalue weighted by molar-refractivity contribution is -0.145. The summed E-state index contributed by atoms with van der Waals surface area (Å²) in [4.78, 5) is 16.8. The molecule has 1 fully saturated rings. The smallest absolute Gasteiger partial charge is 0.306 e. The number of hydrogen-bond donors (Lipinski definition) is 1. The first kappa shape index (κ1) is 9.96. The number of nitrogens with zero attached hydrogens (tertiary/aromatic N) is 2. The van der Waals surface area contributed by atoms with Crippen molar-refractivity contribution in [3.05, 3.63) is 24.5 Å². The second kappa shape index (κ2) is 3.88. The van der Waals surface area contributed by atoms with E-state index in [9.17, 15) is 4.79 Å². The Labute approximate surface area is 88.6 Å². The highest BCUT2D eigenvalue weighted by atomic mass is 16.4. The number of aromatic nitrogens is 1. The van der Waals surface area contributed by atoms with E-state index in [1.807, 2.05) is 19.2 Å². The fourth-order valence-electron chi connectivity index (χ4n) is 1.88. The first-order valence-electron chi connectivity index (χ1n) is 5.04. The number of carboxylic acid groups (broad SMARTS) is 1. The van der Waals surface area contributed by atoms with Gasteiger partial charge in [-0.2, -0.15) is 0 Å². The number of rotatable bonds is 3. The standard InChI is InChI=1S/C11H14N2O2/c1-13(9-3-2-4-12-7-9)10-5-8(6-10)11(14)15/h2-4,7-8,10H,5-6H2,1H3,(H,14,15). The third-order valence-corrected chi connectivity index (χ3v) is 3.06. The maximum Gasteiger partial charge on any atom is 0.306 e. The molecule has 80 valence electrons. The maximum absolute atomic E-state index is 10.7. The van der Waals surface area contributed by atoms with Crippen LogP contribution in [-0.2, 0) is 4.79 Å². The van der Waals surface area contributed by atoms with Gasteiger partial charge in [0.2, 0.25) is 0 Å². The Morgan fingerprint density at radius 2 is 2.33 bits per heavy atom. The molecule has 0 radical (unpaired) electrons. The van der Waals surface area contributed by atoms with E-state index in [4.69, 9.17) is 5.11 Å². The Morgan fingerprint density at radius 3 is 2.87 bits per heavy atom. The van der Waals surface area contributed by atoms with Crippen LogP contribution in [0.2, 0.25) is 0 Å². The fraction of sp³-hybridized carbons (Fsp3) is 0.455. The van der Waals surface area contributed by atoms with Gasteiger partial charge in [0.1, 0.15) is 0 Å². The van der Waals surface area contributed by atoms with Gasteiger partial charge in [-0.15, -0.1) is 0 Å². The van der Waals surface area contributed by atoms with Crippen LogP contribution in [-0.4, -0.2) is 29.1 Å². The molecule has 0 unspecified atom stereocenters. The average Bonchev–Trinajstić information content (AvgIpc) is 2.16. The highest BCUT2D eigenvalue weighted by Crippen LogP contribution is 2.33. The lowest BCUT2D eigenvalue weighted by Crippen LogP contribution is -2.45. The fourth-order valence-corrected chi connectivity index (χ4v) is 1.88. The summed E-state index contributed by atoms with van der Waals surface area (Å²) in [6.45, 7) is 0. The molecule has 1 aromatic rings. The third kappa shape index (κ3) is 1.93. The molecule has 0 atom stereocenters. The predicted octanol–water partition coefficient (Wildman–Crippen LogP) is 1.38. The maximum atomic E-state index is 10.7. The van der Waals surface area contributed by atoms with Gasteiger partial charge in [-0.25, -0.2) is 0 Å². The van der Waals surface area contributed by atoms with Gasteiger partial charge in [0, 0.05) is 19.3 Å². The number of hydrogen-bond acceptors (Lipinski definition) is 3. The highest BCUT2D eigenvalue weighted by molar-refractivity contribution is 5.71. The minimum Gasteiger partial charge on any atom is -0.481 e. The zero-order valence-electron chi connectivity index (χ0n) is 8.63. The van der Waals surface area contributed by atoms with Crippen LogP contribution in [0, 0.1) is 5.92 Å². The summed E-state index contributed by atoms with van der Waals surface area (Å²) >= 11 is 0. The van der Waals surface area contributed by atoms with Crippen molar-refractivity contribution in [3.8, 4) is 0 Å². The molecule has 0 bridgehead atoms. The van der Waals surface area contributed by atoms with Crippen molar-refractivity contribution in [2.75, 3.05) is 11.9 Å². The first-order valence-corrected chi connectivity index (χ1v) is 5.04. The van der Waals surface area contributed by atoms with Crippen LogP contribution in [0.3, 0.4) is 0 Å². The molecule has 0 aromatic carbocycles. The van der Waals surface area contributed by atoms with Crippen LogP contribution in [0.5, 0.6) is 0 Å². The summed E-state index contributed by atoms with van der Waals surface area (Å²) in [7, 11) is 1.99. The molecule has 1 saturated carbocycles. The zero-order valence-corrected chi connectivity index (χ0v) is 8.63. The molecule has 0 aliphatic heterocycles. The second-order valence-electron chi connectivity index (χ2n) is 3.98. The molecule has 4 heteroatoms. The summed E-state index contributed by atoms with van der Waals surface area (Å²) in [6.07, 6.45) is 5.01. The van der Waals surface area contributed by atoms with Gasteiger partial charge in [0.25, 0.3) is 0 Å². The van der Waals surface area contributed by atoms with Gasteiger partial charge in [-0.3, -0.25) is 9.78 Å². The van der Waals surface area contributed by atoms with Crippen molar-refractivity contribution >= 4 is 11.7 Å². The van der Waals surface area contributed by atoms with Gasteiger partial charge in [0.05, 0.1) is 17.8 Å². The van der Waals surface area contributed by atoms with Crippen molar-refractivity contribution in [3.63, 3.8) is 0 Å². The SMILES string of the molecule is CN(c1cccnc1)C1CC(C(=O)O)C1. The van der Waals surface area contributed by atoms with E-state index in [-0.39, 0.29) is 5.92 Å². The Kier molecular flexibility index (Phi) is 2.58. The Bertz CT molecular complexity index is 347. The summed E-state index contributed by atoms with van der Waals surface area (Å²) in [5, 5.41) is 8.77. The second-order valence-corrected chi connectivity index (χ2v) is 3.98. The quantitative estimate of drug-likeness (QED) is 0.811. The van der Waals surface area contributed by atoms with Crippen LogP contribution in [0.4, 0.5) is 5.69 Å². The van der Waals surface area contributed by atoms with Gasteiger partial charge in [-0.05, 0) is 25.0 Å². The van der Waals surface area contributed by atoms with Crippen molar-refractivity contribution in [1.82, 2.24) is 4.98 Å². The van der Waals surface area contributed by atoms with Gasteiger partial charge >= 0.3 is 5.97 Å². The van der Waals surface area contributed by atoms with E-state index in [2.05, 4.69) is 9.88 Å². The van der Waals surface area contributed by atoms with Crippen molar-refractivity contribution in [2.45, 2.75) is 18.9 Å². The van der Waals surface area contributed by atoms with E-state index >= 15 is 0 Å². The molecule has 1 aliphatic rings. The highest BCUT2D eigenvalue weighted by Gasteiger charge is 2.36. The number of pyridine rings is 1. The molecular weight excluding hydrogens is 192 g/mol. The number of aliphatic carboxylic acids is 1. The Morgan fingerprint density at radius 1 is 1.60 bits per heavy atom. The molecule has 1 aromatic heterocycles. The molecule has 0 spiro atoms. The van der Waals surface area contributed by atoms with Crippen molar-refractivity contribution in [1.29, 1.82) is 0 Å². The van der Waals surface area contributed by atoms with Crippen LogP contribution >= 0.6 is 0 Å². The number of carbonyl (C=O) groups is 1. The molecule has 1 aliphatic carbocycles. The van der Waals surface area contributed by atoms with Crippen LogP contribution < -0.4 is 4.90 Å². The molecule has 4 nitrogen and oxygen atoms in total. The Balaban J connectivity index is 1.95. The summed E-state index contributed by atoms with van der Waals surface area (Å²) < 4.78 is 0. The molecular formula is C11H14N2O2. The minimum atomic E-state index is -0.675. The number of carboxylic acids is 1. The molecule has 0 amide bonds. The van der Waals surface area contributed by atoms with Gasteiger partial charge in [0.15, 0.2) is 0 Å². The summed E-state index contributed by atoms with van der Waals surface area (Å²) in [6, 6.07) is 4.22. The zero-order chi connectivity index (χ0) is 10.8.